The third kappa shape index (κ3) is 2.57. The lowest BCUT2D eigenvalue weighted by Gasteiger charge is -2.12. The second kappa shape index (κ2) is 4.60. The van der Waals surface area contributed by atoms with Gasteiger partial charge in [0.15, 0.2) is 0 Å². The van der Waals surface area contributed by atoms with E-state index < -0.39 is 17.9 Å². The van der Waals surface area contributed by atoms with E-state index >= 15 is 0 Å². The largest absolute Gasteiger partial charge is 0.436 e. The van der Waals surface area contributed by atoms with Crippen LogP contribution in [0.15, 0.2) is 24.5 Å². The fourth-order valence-electron chi connectivity index (χ4n) is 1.32. The van der Waals surface area contributed by atoms with E-state index in [9.17, 15) is 14.4 Å². The standard InChI is InChI=1S/C10H9N3O4/c14-8-3-4-9(15)13(8)17-10(16)12-7-2-1-5-11-6-7/h1-2,5-6H,3-4H2,(H,12,16). The second-order valence-corrected chi connectivity index (χ2v) is 3.33. The Kier molecular flexibility index (Phi) is 2.99. The molecule has 1 aromatic heterocycles. The number of anilines is 1. The summed E-state index contributed by atoms with van der Waals surface area (Å²) in [4.78, 5) is 42.1. The molecule has 1 fully saturated rings. The zero-order chi connectivity index (χ0) is 12.3. The van der Waals surface area contributed by atoms with Gasteiger partial charge in [0.25, 0.3) is 11.8 Å². The van der Waals surface area contributed by atoms with Crippen molar-refractivity contribution in [3.05, 3.63) is 24.5 Å². The number of hydrogen-bond donors (Lipinski definition) is 1. The van der Waals surface area contributed by atoms with Gasteiger partial charge in [-0.05, 0) is 12.1 Å². The van der Waals surface area contributed by atoms with Gasteiger partial charge in [-0.2, -0.15) is 0 Å². The van der Waals surface area contributed by atoms with Crippen LogP contribution in [0.25, 0.3) is 0 Å². The summed E-state index contributed by atoms with van der Waals surface area (Å²) in [6.07, 6.45) is 2.19. The number of carbonyl (C=O) groups excluding carboxylic acids is 3. The molecule has 0 saturated carbocycles. The summed E-state index contributed by atoms with van der Waals surface area (Å²) >= 11 is 0. The van der Waals surface area contributed by atoms with E-state index in [4.69, 9.17) is 0 Å². The number of hydrogen-bond acceptors (Lipinski definition) is 5. The van der Waals surface area contributed by atoms with Crippen molar-refractivity contribution in [2.24, 2.45) is 0 Å². The minimum Gasteiger partial charge on any atom is -0.311 e. The maximum absolute atomic E-state index is 11.4. The van der Waals surface area contributed by atoms with E-state index in [-0.39, 0.29) is 12.8 Å². The highest BCUT2D eigenvalue weighted by Crippen LogP contribution is 2.13. The fourth-order valence-corrected chi connectivity index (χ4v) is 1.32. The lowest BCUT2D eigenvalue weighted by Crippen LogP contribution is -2.33. The molecule has 0 aliphatic carbocycles. The Morgan fingerprint density at radius 2 is 2.06 bits per heavy atom. The average molecular weight is 235 g/mol. The molecule has 0 atom stereocenters. The minimum absolute atomic E-state index is 0.0685. The summed E-state index contributed by atoms with van der Waals surface area (Å²) < 4.78 is 0. The smallest absolute Gasteiger partial charge is 0.311 e. The van der Waals surface area contributed by atoms with Crippen LogP contribution in [0.2, 0.25) is 0 Å². The van der Waals surface area contributed by atoms with Crippen molar-refractivity contribution >= 4 is 23.6 Å². The van der Waals surface area contributed by atoms with Gasteiger partial charge in [-0.25, -0.2) is 4.79 Å². The highest BCUT2D eigenvalue weighted by molar-refractivity contribution is 6.02. The third-order valence-electron chi connectivity index (χ3n) is 2.09. The molecule has 0 aromatic carbocycles. The average Bonchev–Trinajstić information content (AvgIpc) is 2.62. The molecule has 1 saturated heterocycles. The first-order valence-electron chi connectivity index (χ1n) is 4.91. The Bertz CT molecular complexity index is 444. The summed E-state index contributed by atoms with van der Waals surface area (Å²) in [5, 5.41) is 2.82. The molecule has 17 heavy (non-hydrogen) atoms. The number of nitrogens with one attached hydrogen (secondary N) is 1. The summed E-state index contributed by atoms with van der Waals surface area (Å²) in [6, 6.07) is 3.23. The molecule has 7 nitrogen and oxygen atoms in total. The number of pyridine rings is 1. The molecule has 0 spiro atoms. The van der Waals surface area contributed by atoms with Crippen molar-refractivity contribution in [1.29, 1.82) is 0 Å². The van der Waals surface area contributed by atoms with E-state index in [1.54, 1.807) is 18.3 Å². The maximum atomic E-state index is 11.4. The van der Waals surface area contributed by atoms with Gasteiger partial charge in [0.05, 0.1) is 11.9 Å². The lowest BCUT2D eigenvalue weighted by molar-refractivity contribution is -0.170. The van der Waals surface area contributed by atoms with E-state index in [0.29, 0.717) is 10.8 Å². The zero-order valence-electron chi connectivity index (χ0n) is 8.75. The Labute approximate surface area is 96.3 Å². The number of amides is 3. The van der Waals surface area contributed by atoms with Gasteiger partial charge in [0.2, 0.25) is 0 Å². The van der Waals surface area contributed by atoms with E-state index in [1.165, 1.54) is 6.20 Å². The van der Waals surface area contributed by atoms with Crippen LogP contribution in [0.3, 0.4) is 0 Å². The molecule has 88 valence electrons. The predicted molar refractivity (Wildman–Crippen MR) is 55.4 cm³/mol. The van der Waals surface area contributed by atoms with Crippen molar-refractivity contribution in [2.45, 2.75) is 12.8 Å². The van der Waals surface area contributed by atoms with E-state index in [1.807, 2.05) is 0 Å². The van der Waals surface area contributed by atoms with Crippen molar-refractivity contribution in [1.82, 2.24) is 10.0 Å². The quantitative estimate of drug-likeness (QED) is 0.762. The number of nitrogens with zero attached hydrogens (tertiary/aromatic N) is 2. The SMILES string of the molecule is O=C(Nc1cccnc1)ON1C(=O)CCC1=O. The van der Waals surface area contributed by atoms with Crippen LogP contribution in [0.1, 0.15) is 12.8 Å². The van der Waals surface area contributed by atoms with Crippen molar-refractivity contribution < 1.29 is 19.2 Å². The van der Waals surface area contributed by atoms with Crippen molar-refractivity contribution in [3.63, 3.8) is 0 Å². The first-order chi connectivity index (χ1) is 8.16. The van der Waals surface area contributed by atoms with Crippen LogP contribution in [-0.2, 0) is 14.4 Å². The maximum Gasteiger partial charge on any atom is 0.436 e. The molecular formula is C10H9N3O4. The van der Waals surface area contributed by atoms with Crippen LogP contribution in [0, 0.1) is 0 Å². The molecule has 2 heterocycles. The van der Waals surface area contributed by atoms with Gasteiger partial charge in [-0.3, -0.25) is 19.9 Å². The predicted octanol–water partition coefficient (Wildman–Crippen LogP) is 0.694. The normalized spacial score (nSPS) is 14.9. The lowest BCUT2D eigenvalue weighted by atomic mass is 10.4. The zero-order valence-corrected chi connectivity index (χ0v) is 8.75. The molecule has 0 unspecified atom stereocenters. The van der Waals surface area contributed by atoms with Crippen LogP contribution in [0.4, 0.5) is 10.5 Å². The van der Waals surface area contributed by atoms with Gasteiger partial charge in [-0.1, -0.05) is 0 Å². The molecule has 1 aliphatic heterocycles. The Balaban J connectivity index is 1.94. The first-order valence-corrected chi connectivity index (χ1v) is 4.91. The van der Waals surface area contributed by atoms with Crippen LogP contribution >= 0.6 is 0 Å². The third-order valence-corrected chi connectivity index (χ3v) is 2.09. The summed E-state index contributed by atoms with van der Waals surface area (Å²) in [7, 11) is 0. The van der Waals surface area contributed by atoms with Gasteiger partial charge >= 0.3 is 6.09 Å². The Hall–Kier alpha value is -2.44. The molecule has 0 bridgehead atoms. The number of imide groups is 1. The highest BCUT2D eigenvalue weighted by atomic mass is 16.7. The molecule has 2 rings (SSSR count). The molecule has 1 aliphatic rings. The summed E-state index contributed by atoms with van der Waals surface area (Å²) in [5.41, 5.74) is 0.414. The van der Waals surface area contributed by atoms with Crippen molar-refractivity contribution in [2.75, 3.05) is 5.32 Å². The van der Waals surface area contributed by atoms with Crippen molar-refractivity contribution in [3.8, 4) is 0 Å². The Morgan fingerprint density at radius 1 is 1.35 bits per heavy atom. The molecule has 0 radical (unpaired) electrons. The topological polar surface area (TPSA) is 88.6 Å². The van der Waals surface area contributed by atoms with Gasteiger partial charge in [0, 0.05) is 19.0 Å². The fraction of sp³-hybridized carbons (Fsp3) is 0.200. The van der Waals surface area contributed by atoms with Crippen LogP contribution in [0.5, 0.6) is 0 Å². The molecule has 7 heteroatoms. The van der Waals surface area contributed by atoms with Crippen LogP contribution in [-0.4, -0.2) is 28.0 Å². The van der Waals surface area contributed by atoms with E-state index in [0.717, 1.165) is 0 Å². The number of rotatable bonds is 2. The minimum atomic E-state index is -0.901. The summed E-state index contributed by atoms with van der Waals surface area (Å²) in [6.45, 7) is 0. The molecule has 1 N–H and O–H groups in total. The van der Waals surface area contributed by atoms with Gasteiger partial charge in [0.1, 0.15) is 0 Å². The van der Waals surface area contributed by atoms with Crippen LogP contribution < -0.4 is 5.32 Å². The van der Waals surface area contributed by atoms with E-state index in [2.05, 4.69) is 15.1 Å². The second-order valence-electron chi connectivity index (χ2n) is 3.33. The molecular weight excluding hydrogens is 226 g/mol. The highest BCUT2D eigenvalue weighted by Gasteiger charge is 2.32. The Morgan fingerprint density at radius 3 is 2.65 bits per heavy atom. The number of hydroxylamine groups is 2. The monoisotopic (exact) mass is 235 g/mol. The van der Waals surface area contributed by atoms with Gasteiger partial charge in [-0.15, -0.1) is 5.06 Å². The first kappa shape index (κ1) is 11.1. The number of carbonyl (C=O) groups is 3. The summed E-state index contributed by atoms with van der Waals surface area (Å²) in [5.74, 6) is -1.03. The molecule has 3 amide bonds. The van der Waals surface area contributed by atoms with Gasteiger partial charge < -0.3 is 4.84 Å². The number of aromatic nitrogens is 1. The molecule has 1 aromatic rings.